The molecule has 8 nitrogen and oxygen atoms in total. The van der Waals surface area contributed by atoms with Crippen molar-refractivity contribution in [2.24, 2.45) is 0 Å². The number of amides is 1. The Hall–Kier alpha value is -4.04. The lowest BCUT2D eigenvalue weighted by Gasteiger charge is -2.23. The molecule has 1 N–H and O–H groups in total. The van der Waals surface area contributed by atoms with Gasteiger partial charge in [-0.2, -0.15) is 0 Å². The number of ether oxygens (including phenoxy) is 4. The third-order valence-corrected chi connectivity index (χ3v) is 6.00. The van der Waals surface area contributed by atoms with Gasteiger partial charge in [0.1, 0.15) is 18.1 Å². The van der Waals surface area contributed by atoms with E-state index in [1.54, 1.807) is 55.6 Å². The Morgan fingerprint density at radius 2 is 1.57 bits per heavy atom. The van der Waals surface area contributed by atoms with Gasteiger partial charge in [0.2, 0.25) is 0 Å². The van der Waals surface area contributed by atoms with E-state index in [2.05, 4.69) is 0 Å². The molecule has 4 rings (SSSR count). The molecule has 35 heavy (non-hydrogen) atoms. The summed E-state index contributed by atoms with van der Waals surface area (Å²) in [6.07, 6.45) is -0.448. The van der Waals surface area contributed by atoms with Crippen LogP contribution in [0.15, 0.2) is 66.7 Å². The Morgan fingerprint density at radius 3 is 2.29 bits per heavy atom. The molecule has 1 atom stereocenters. The second kappa shape index (κ2) is 10.1. The van der Waals surface area contributed by atoms with Gasteiger partial charge in [0.15, 0.2) is 22.9 Å². The van der Waals surface area contributed by atoms with Gasteiger partial charge in [-0.05, 0) is 36.4 Å². The number of carbonyl (C=O) groups is 2. The molecule has 0 saturated carbocycles. The van der Waals surface area contributed by atoms with Crippen LogP contribution in [0, 0.1) is 0 Å². The number of carbonyl (C=O) groups excluding carboxylic acids is 2. The zero-order valence-corrected chi connectivity index (χ0v) is 19.8. The quantitative estimate of drug-likeness (QED) is 0.446. The van der Waals surface area contributed by atoms with Crippen LogP contribution in [0.5, 0.6) is 23.0 Å². The molecule has 0 saturated heterocycles. The molecule has 1 amide bonds. The molecule has 1 heterocycles. The third-order valence-electron chi connectivity index (χ3n) is 6.00. The minimum atomic E-state index is -2.02. The van der Waals surface area contributed by atoms with Gasteiger partial charge in [-0.15, -0.1) is 0 Å². The van der Waals surface area contributed by atoms with Gasteiger partial charge in [0.05, 0.1) is 45.5 Å². The minimum Gasteiger partial charge on any atom is -0.497 e. The Labute approximate surface area is 203 Å². The van der Waals surface area contributed by atoms with E-state index in [0.717, 1.165) is 0 Å². The standard InChI is InChI=1S/C27H27NO7/c1-32-18-12-13-23(33-2)19(16-18)22(29)17-27(31)20-8-4-5-9-21(20)28(26(27)30)14-15-35-25-11-7-6-10-24(25)34-3/h4-13,16,31H,14-15,17H2,1-3H3. The molecule has 0 spiro atoms. The van der Waals surface area contributed by atoms with E-state index in [1.165, 1.54) is 25.2 Å². The van der Waals surface area contributed by atoms with Gasteiger partial charge < -0.3 is 29.0 Å². The third kappa shape index (κ3) is 4.52. The van der Waals surface area contributed by atoms with E-state index >= 15 is 0 Å². The number of hydrogen-bond acceptors (Lipinski definition) is 7. The number of aliphatic hydroxyl groups is 1. The number of ketones is 1. The second-order valence-corrected chi connectivity index (χ2v) is 8.00. The normalized spacial score (nSPS) is 16.6. The molecule has 0 aliphatic carbocycles. The van der Waals surface area contributed by atoms with Crippen LogP contribution in [0.3, 0.4) is 0 Å². The summed E-state index contributed by atoms with van der Waals surface area (Å²) in [6, 6.07) is 18.9. The summed E-state index contributed by atoms with van der Waals surface area (Å²) in [6.45, 7) is 0.334. The summed E-state index contributed by atoms with van der Waals surface area (Å²) in [5.41, 5.74) is -0.887. The smallest absolute Gasteiger partial charge is 0.264 e. The average molecular weight is 478 g/mol. The minimum absolute atomic E-state index is 0.161. The van der Waals surface area contributed by atoms with Crippen molar-refractivity contribution in [1.29, 1.82) is 0 Å². The topological polar surface area (TPSA) is 94.5 Å². The van der Waals surface area contributed by atoms with Crippen molar-refractivity contribution in [3.8, 4) is 23.0 Å². The van der Waals surface area contributed by atoms with Crippen LogP contribution in [-0.4, -0.2) is 51.3 Å². The molecule has 1 aliphatic heterocycles. The van der Waals surface area contributed by atoms with Crippen molar-refractivity contribution >= 4 is 17.4 Å². The largest absolute Gasteiger partial charge is 0.497 e. The van der Waals surface area contributed by atoms with Crippen molar-refractivity contribution in [3.63, 3.8) is 0 Å². The Bertz CT molecular complexity index is 1240. The number of hydrogen-bond donors (Lipinski definition) is 1. The number of benzene rings is 3. The summed E-state index contributed by atoms with van der Waals surface area (Å²) in [5, 5.41) is 11.6. The van der Waals surface area contributed by atoms with Crippen LogP contribution in [0.4, 0.5) is 5.69 Å². The maximum absolute atomic E-state index is 13.5. The van der Waals surface area contributed by atoms with Gasteiger partial charge >= 0.3 is 0 Å². The SMILES string of the molecule is COc1ccc(OC)c(C(=O)CC2(O)C(=O)N(CCOc3ccccc3OC)c3ccccc32)c1. The van der Waals surface area contributed by atoms with Crippen LogP contribution >= 0.6 is 0 Å². The zero-order chi connectivity index (χ0) is 25.0. The zero-order valence-electron chi connectivity index (χ0n) is 19.8. The van der Waals surface area contributed by atoms with Crippen molar-refractivity contribution in [1.82, 2.24) is 0 Å². The van der Waals surface area contributed by atoms with Crippen LogP contribution in [0.1, 0.15) is 22.3 Å². The van der Waals surface area contributed by atoms with Crippen molar-refractivity contribution in [3.05, 3.63) is 77.9 Å². The summed E-state index contributed by atoms with van der Waals surface area (Å²) in [4.78, 5) is 28.2. The lowest BCUT2D eigenvalue weighted by Crippen LogP contribution is -2.43. The van der Waals surface area contributed by atoms with Gasteiger partial charge in [0, 0.05) is 5.56 Å². The predicted molar refractivity (Wildman–Crippen MR) is 130 cm³/mol. The first-order chi connectivity index (χ1) is 16.9. The molecule has 182 valence electrons. The van der Waals surface area contributed by atoms with Crippen molar-refractivity contribution in [2.75, 3.05) is 39.4 Å². The van der Waals surface area contributed by atoms with Gasteiger partial charge in [-0.25, -0.2) is 0 Å². The van der Waals surface area contributed by atoms with E-state index in [-0.39, 0.29) is 18.7 Å². The highest BCUT2D eigenvalue weighted by Crippen LogP contribution is 2.43. The summed E-state index contributed by atoms with van der Waals surface area (Å²) >= 11 is 0. The van der Waals surface area contributed by atoms with E-state index in [9.17, 15) is 14.7 Å². The molecule has 0 fully saturated rings. The number of nitrogens with zero attached hydrogens (tertiary/aromatic N) is 1. The molecule has 0 aromatic heterocycles. The van der Waals surface area contributed by atoms with E-state index < -0.39 is 23.7 Å². The van der Waals surface area contributed by atoms with Gasteiger partial charge in [-0.1, -0.05) is 30.3 Å². The lowest BCUT2D eigenvalue weighted by atomic mass is 9.88. The number of anilines is 1. The summed E-state index contributed by atoms with van der Waals surface area (Å²) in [7, 11) is 4.50. The fourth-order valence-corrected chi connectivity index (χ4v) is 4.24. The molecule has 0 radical (unpaired) electrons. The van der Waals surface area contributed by atoms with Gasteiger partial charge in [0.25, 0.3) is 5.91 Å². The molecule has 0 bridgehead atoms. The van der Waals surface area contributed by atoms with Crippen LogP contribution in [0.25, 0.3) is 0 Å². The molecule has 1 aliphatic rings. The van der Waals surface area contributed by atoms with Crippen LogP contribution in [-0.2, 0) is 10.4 Å². The number of para-hydroxylation sites is 3. The number of Topliss-reactive ketones (excluding diaryl/α,β-unsaturated/α-hetero) is 1. The monoisotopic (exact) mass is 477 g/mol. The predicted octanol–water partition coefficient (Wildman–Crippen LogP) is 3.60. The first kappa shape index (κ1) is 24.1. The number of methoxy groups -OCH3 is 3. The molecule has 8 heteroatoms. The molecule has 3 aromatic rings. The second-order valence-electron chi connectivity index (χ2n) is 8.00. The molecule has 1 unspecified atom stereocenters. The molecule has 3 aromatic carbocycles. The van der Waals surface area contributed by atoms with E-state index in [4.69, 9.17) is 18.9 Å². The average Bonchev–Trinajstić information content (AvgIpc) is 3.10. The van der Waals surface area contributed by atoms with Gasteiger partial charge in [-0.3, -0.25) is 9.59 Å². The Morgan fingerprint density at radius 1 is 0.886 bits per heavy atom. The van der Waals surface area contributed by atoms with Crippen LogP contribution in [0.2, 0.25) is 0 Å². The highest BCUT2D eigenvalue weighted by molar-refractivity contribution is 6.11. The van der Waals surface area contributed by atoms with E-state index in [1.807, 2.05) is 12.1 Å². The molecular formula is C27H27NO7. The maximum Gasteiger partial charge on any atom is 0.264 e. The first-order valence-corrected chi connectivity index (χ1v) is 11.1. The highest BCUT2D eigenvalue weighted by atomic mass is 16.5. The first-order valence-electron chi connectivity index (χ1n) is 11.1. The fraction of sp³-hybridized carbons (Fsp3) is 0.259. The summed E-state index contributed by atoms with van der Waals surface area (Å²) in [5.74, 6) is 0.895. The molecular weight excluding hydrogens is 450 g/mol. The van der Waals surface area contributed by atoms with Crippen molar-refractivity contribution in [2.45, 2.75) is 12.0 Å². The Kier molecular flexibility index (Phi) is 6.93. The number of rotatable bonds is 10. The van der Waals surface area contributed by atoms with E-state index in [0.29, 0.717) is 34.2 Å². The highest BCUT2D eigenvalue weighted by Gasteiger charge is 2.51. The van der Waals surface area contributed by atoms with Crippen molar-refractivity contribution < 1.29 is 33.6 Å². The summed E-state index contributed by atoms with van der Waals surface area (Å²) < 4.78 is 21.7. The Balaban J connectivity index is 1.57. The number of fused-ring (bicyclic) bond motifs is 1. The lowest BCUT2D eigenvalue weighted by molar-refractivity contribution is -0.135. The maximum atomic E-state index is 13.5. The van der Waals surface area contributed by atoms with Crippen LogP contribution < -0.4 is 23.8 Å². The fourth-order valence-electron chi connectivity index (χ4n) is 4.24.